The average molecular weight is 440 g/mol. The molecular formula is C28H38FNO2. The topological polar surface area (TPSA) is 31.4 Å². The van der Waals surface area contributed by atoms with Gasteiger partial charge in [0.25, 0.3) is 0 Å². The third kappa shape index (κ3) is 6.82. The van der Waals surface area contributed by atoms with Crippen LogP contribution < -0.4 is 9.47 Å². The van der Waals surface area contributed by atoms with E-state index in [1.54, 1.807) is 12.1 Å². The summed E-state index contributed by atoms with van der Waals surface area (Å²) in [5.74, 6) is 0.676. The highest BCUT2D eigenvalue weighted by Crippen LogP contribution is 2.32. The first kappa shape index (κ1) is 24.3. The van der Waals surface area contributed by atoms with Gasteiger partial charge in [0, 0.05) is 16.8 Å². The lowest BCUT2D eigenvalue weighted by Crippen LogP contribution is -2.00. The summed E-state index contributed by atoms with van der Waals surface area (Å²) < 4.78 is 26.7. The van der Waals surface area contributed by atoms with Gasteiger partial charge in [0.2, 0.25) is 5.88 Å². The monoisotopic (exact) mass is 439 g/mol. The molecule has 0 unspecified atom stereocenters. The Morgan fingerprint density at radius 1 is 0.625 bits per heavy atom. The molecule has 2 aromatic carbocycles. The Kier molecular flexibility index (Phi) is 10.1. The third-order valence-electron chi connectivity index (χ3n) is 5.99. The highest BCUT2D eigenvalue weighted by atomic mass is 19.1. The summed E-state index contributed by atoms with van der Waals surface area (Å²) in [6, 6.07) is 11.2. The van der Waals surface area contributed by atoms with Gasteiger partial charge in [-0.2, -0.15) is 0 Å². The predicted molar refractivity (Wildman–Crippen MR) is 132 cm³/mol. The Morgan fingerprint density at radius 3 is 1.97 bits per heavy atom. The molecule has 3 aromatic rings. The molecule has 3 rings (SSSR count). The number of ether oxygens (including phenoxy) is 2. The largest absolute Gasteiger partial charge is 0.490 e. The molecule has 0 aliphatic heterocycles. The molecule has 0 bridgehead atoms. The highest BCUT2D eigenvalue weighted by molar-refractivity contribution is 6.06. The minimum atomic E-state index is -0.288. The number of hydrogen-bond acceptors (Lipinski definition) is 3. The molecule has 4 heteroatoms. The number of pyridine rings is 1. The number of rotatable bonds is 15. The van der Waals surface area contributed by atoms with Crippen LogP contribution in [0.25, 0.3) is 21.7 Å². The number of unbranched alkanes of at least 4 members (excludes halogenated alkanes) is 9. The number of benzene rings is 2. The minimum absolute atomic E-state index is 0.288. The molecule has 0 atom stereocenters. The average Bonchev–Trinajstić information content (AvgIpc) is 2.81. The first-order valence-electron chi connectivity index (χ1n) is 12.5. The van der Waals surface area contributed by atoms with Crippen LogP contribution in [0.4, 0.5) is 4.39 Å². The van der Waals surface area contributed by atoms with Gasteiger partial charge in [0.05, 0.1) is 18.7 Å². The molecule has 3 nitrogen and oxygen atoms in total. The van der Waals surface area contributed by atoms with E-state index < -0.39 is 0 Å². The van der Waals surface area contributed by atoms with Crippen LogP contribution in [-0.2, 0) is 0 Å². The van der Waals surface area contributed by atoms with Crippen molar-refractivity contribution in [3.63, 3.8) is 0 Å². The lowest BCUT2D eigenvalue weighted by molar-refractivity contribution is 0.291. The van der Waals surface area contributed by atoms with E-state index in [0.29, 0.717) is 30.2 Å². The minimum Gasteiger partial charge on any atom is -0.490 e. The van der Waals surface area contributed by atoms with Gasteiger partial charge in [-0.3, -0.25) is 0 Å². The fourth-order valence-corrected chi connectivity index (χ4v) is 4.08. The van der Waals surface area contributed by atoms with Crippen molar-refractivity contribution in [1.82, 2.24) is 4.98 Å². The smallest absolute Gasteiger partial charge is 0.213 e. The normalized spacial score (nSPS) is 11.3. The molecule has 1 heterocycles. The van der Waals surface area contributed by atoms with Crippen LogP contribution in [0.3, 0.4) is 0 Å². The van der Waals surface area contributed by atoms with Gasteiger partial charge in [0.1, 0.15) is 0 Å². The number of aromatic nitrogens is 1. The molecule has 174 valence electrons. The second-order valence-corrected chi connectivity index (χ2v) is 8.63. The number of fused-ring (bicyclic) bond motifs is 3. The molecule has 0 saturated carbocycles. The fraction of sp³-hybridized carbons (Fsp3) is 0.536. The second-order valence-electron chi connectivity index (χ2n) is 8.63. The molecule has 0 radical (unpaired) electrons. The summed E-state index contributed by atoms with van der Waals surface area (Å²) in [6.07, 6.45) is 13.2. The highest BCUT2D eigenvalue weighted by Gasteiger charge is 2.12. The summed E-state index contributed by atoms with van der Waals surface area (Å²) in [5, 5.41) is 2.35. The number of halogens is 1. The van der Waals surface area contributed by atoms with Crippen LogP contribution in [0.2, 0.25) is 0 Å². The SMILES string of the molecule is CCCCCCCCCOc1ccc2c(ccc3nc(OCCCCCC)ccc32)c1F. The van der Waals surface area contributed by atoms with Crippen molar-refractivity contribution in [3.05, 3.63) is 42.2 Å². The van der Waals surface area contributed by atoms with Gasteiger partial charge in [-0.1, -0.05) is 71.6 Å². The van der Waals surface area contributed by atoms with Gasteiger partial charge in [0.15, 0.2) is 11.6 Å². The molecule has 1 aromatic heterocycles. The van der Waals surface area contributed by atoms with Crippen molar-refractivity contribution in [1.29, 1.82) is 0 Å². The molecule has 0 N–H and O–H groups in total. The summed E-state index contributed by atoms with van der Waals surface area (Å²) in [7, 11) is 0. The Hall–Kier alpha value is -2.36. The molecule has 0 saturated heterocycles. The molecule has 0 aliphatic carbocycles. The molecule has 0 fully saturated rings. The molecule has 0 amide bonds. The van der Waals surface area contributed by atoms with E-state index in [2.05, 4.69) is 18.8 Å². The van der Waals surface area contributed by atoms with Crippen LogP contribution in [0, 0.1) is 5.82 Å². The van der Waals surface area contributed by atoms with Crippen molar-refractivity contribution in [2.24, 2.45) is 0 Å². The molecular weight excluding hydrogens is 401 g/mol. The van der Waals surface area contributed by atoms with E-state index in [1.165, 1.54) is 51.4 Å². The van der Waals surface area contributed by atoms with Crippen LogP contribution >= 0.6 is 0 Å². The number of hydrogen-bond donors (Lipinski definition) is 0. The van der Waals surface area contributed by atoms with Crippen molar-refractivity contribution in [2.75, 3.05) is 13.2 Å². The zero-order valence-electron chi connectivity index (χ0n) is 19.8. The maximum Gasteiger partial charge on any atom is 0.213 e. The van der Waals surface area contributed by atoms with Crippen LogP contribution in [0.1, 0.15) is 84.5 Å². The Labute approximate surface area is 192 Å². The summed E-state index contributed by atoms with van der Waals surface area (Å²) in [4.78, 5) is 4.62. The fourth-order valence-electron chi connectivity index (χ4n) is 4.08. The van der Waals surface area contributed by atoms with Gasteiger partial charge in [-0.15, -0.1) is 0 Å². The van der Waals surface area contributed by atoms with Gasteiger partial charge >= 0.3 is 0 Å². The predicted octanol–water partition coefficient (Wildman–Crippen LogP) is 8.62. The van der Waals surface area contributed by atoms with Gasteiger partial charge in [-0.05, 0) is 48.6 Å². The summed E-state index contributed by atoms with van der Waals surface area (Å²) >= 11 is 0. The Morgan fingerprint density at radius 2 is 1.22 bits per heavy atom. The van der Waals surface area contributed by atoms with Crippen molar-refractivity contribution in [3.8, 4) is 11.6 Å². The van der Waals surface area contributed by atoms with E-state index in [4.69, 9.17) is 9.47 Å². The van der Waals surface area contributed by atoms with E-state index in [0.717, 1.165) is 35.6 Å². The summed E-state index contributed by atoms with van der Waals surface area (Å²) in [6.45, 7) is 5.67. The second kappa shape index (κ2) is 13.2. The van der Waals surface area contributed by atoms with E-state index in [1.807, 2.05) is 24.3 Å². The number of nitrogens with zero attached hydrogens (tertiary/aromatic N) is 1. The zero-order valence-corrected chi connectivity index (χ0v) is 19.8. The van der Waals surface area contributed by atoms with Crippen molar-refractivity contribution in [2.45, 2.75) is 84.5 Å². The maximum atomic E-state index is 15.1. The Balaban J connectivity index is 1.59. The molecule has 0 aliphatic rings. The third-order valence-corrected chi connectivity index (χ3v) is 5.99. The summed E-state index contributed by atoms with van der Waals surface area (Å²) in [5.41, 5.74) is 0.819. The quantitative estimate of drug-likeness (QED) is 0.175. The first-order valence-corrected chi connectivity index (χ1v) is 12.5. The van der Waals surface area contributed by atoms with Crippen molar-refractivity contribution >= 4 is 21.7 Å². The standard InChI is InChI=1S/C28H38FNO2/c1-3-5-7-9-10-11-13-20-31-26-18-15-22-23-16-19-27(32-21-12-8-6-4-2)30-25(23)17-14-24(22)28(26)29/h14-19H,3-13,20-21H2,1-2H3. The van der Waals surface area contributed by atoms with Crippen molar-refractivity contribution < 1.29 is 13.9 Å². The lowest BCUT2D eigenvalue weighted by Gasteiger charge is -2.11. The van der Waals surface area contributed by atoms with Crippen LogP contribution in [0.15, 0.2) is 36.4 Å². The lowest BCUT2D eigenvalue weighted by atomic mass is 10.0. The van der Waals surface area contributed by atoms with Crippen LogP contribution in [-0.4, -0.2) is 18.2 Å². The van der Waals surface area contributed by atoms with Gasteiger partial charge in [-0.25, -0.2) is 9.37 Å². The van der Waals surface area contributed by atoms with E-state index >= 15 is 4.39 Å². The maximum absolute atomic E-state index is 15.1. The Bertz CT molecular complexity index is 972. The first-order chi connectivity index (χ1) is 15.7. The van der Waals surface area contributed by atoms with E-state index in [-0.39, 0.29) is 5.82 Å². The molecule has 32 heavy (non-hydrogen) atoms. The molecule has 0 spiro atoms. The zero-order chi connectivity index (χ0) is 22.6. The van der Waals surface area contributed by atoms with Crippen LogP contribution in [0.5, 0.6) is 11.6 Å². The van der Waals surface area contributed by atoms with E-state index in [9.17, 15) is 0 Å². The van der Waals surface area contributed by atoms with Gasteiger partial charge < -0.3 is 9.47 Å².